The van der Waals surface area contributed by atoms with E-state index in [0.717, 1.165) is 0 Å². The molecule has 48 valence electrons. The van der Waals surface area contributed by atoms with Gasteiger partial charge in [-0.05, 0) is 0 Å². The van der Waals surface area contributed by atoms with Crippen LogP contribution in [0.1, 0.15) is 0 Å². The third-order valence-electron chi connectivity index (χ3n) is 0. The lowest BCUT2D eigenvalue weighted by Crippen LogP contribution is -1.78. The van der Waals surface area contributed by atoms with Crippen molar-refractivity contribution in [1.82, 2.24) is 0 Å². The van der Waals surface area contributed by atoms with Gasteiger partial charge in [0.2, 0.25) is 0 Å². The third-order valence-corrected chi connectivity index (χ3v) is 0. The van der Waals surface area contributed by atoms with E-state index in [4.69, 9.17) is 40.2 Å². The molecule has 0 aliphatic rings. The van der Waals surface area contributed by atoms with Gasteiger partial charge in [0.05, 0.1) is 0 Å². The highest BCUT2D eigenvalue weighted by molar-refractivity contribution is 7.54. The molecule has 0 nitrogen and oxygen atoms in total. The molecule has 0 aromatic heterocycles. The van der Waals surface area contributed by atoms with E-state index in [2.05, 4.69) is 11.6 Å². The standard InChI is InChI=1S/2CH3.2Al.4ClH/h2*1H3;;;4*1H/q;;+1;+3;;;;/p-4. The van der Waals surface area contributed by atoms with Crippen LogP contribution in [0.3, 0.4) is 0 Å². The Morgan fingerprint density at radius 2 is 0.875 bits per heavy atom. The van der Waals surface area contributed by atoms with Gasteiger partial charge < -0.3 is 0 Å². The van der Waals surface area contributed by atoms with Crippen molar-refractivity contribution in [3.63, 3.8) is 0 Å². The molecule has 8 heavy (non-hydrogen) atoms. The smallest absolute Gasteiger partial charge is 0.262 e. The Morgan fingerprint density at radius 1 is 0.875 bits per heavy atom. The number of hydrogen-bond acceptors (Lipinski definition) is 0. The molecule has 0 aliphatic carbocycles. The zero-order valence-electron chi connectivity index (χ0n) is 4.67. The maximum atomic E-state index is 5.41. The second-order valence-corrected chi connectivity index (χ2v) is 12.3. The molecular weight excluding hydrogens is 220 g/mol. The van der Waals surface area contributed by atoms with E-state index in [1.165, 1.54) is 0 Å². The minimum Gasteiger partial charge on any atom is -0.262 e. The third kappa shape index (κ3) is 86.7. The molecule has 0 heterocycles. The van der Waals surface area contributed by atoms with E-state index in [0.29, 0.717) is 0 Å². The van der Waals surface area contributed by atoms with Crippen LogP contribution in [0.4, 0.5) is 0 Å². The van der Waals surface area contributed by atoms with Crippen LogP contribution in [0.25, 0.3) is 0 Å². The predicted octanol–water partition coefficient (Wildman–Crippen LogP) is 3.16. The zero-order chi connectivity index (χ0) is 7.15. The molecule has 0 atom stereocenters. The first-order chi connectivity index (χ1) is 3.46. The molecule has 0 aliphatic heterocycles. The average Bonchev–Trinajstić information content (AvgIpc) is 1.25. The van der Waals surface area contributed by atoms with Crippen molar-refractivity contribution >= 4 is 64.8 Å². The van der Waals surface area contributed by atoms with Gasteiger partial charge in [-0.1, -0.05) is 11.6 Å². The maximum absolute atomic E-state index is 5.41. The minimum absolute atomic E-state index is 0.667. The first-order valence-corrected chi connectivity index (χ1v) is 11.3. The summed E-state index contributed by atoms with van der Waals surface area (Å²) in [6, 6.07) is 0. The van der Waals surface area contributed by atoms with Crippen LogP contribution in [0.15, 0.2) is 0 Å². The predicted molar refractivity (Wildman–Crippen MR) is 46.6 cm³/mol. The van der Waals surface area contributed by atoms with E-state index >= 15 is 0 Å². The summed E-state index contributed by atoms with van der Waals surface area (Å²) in [6.07, 6.45) is 0. The topological polar surface area (TPSA) is 0 Å². The molecule has 0 amide bonds. The van der Waals surface area contributed by atoms with Gasteiger partial charge in [-0.2, -0.15) is 0 Å². The van der Waals surface area contributed by atoms with Crippen LogP contribution in [-0.4, -0.2) is 24.6 Å². The van der Waals surface area contributed by atoms with Gasteiger partial charge in [0.1, 0.15) is 0 Å². The van der Waals surface area contributed by atoms with Crippen LogP contribution in [0.2, 0.25) is 11.6 Å². The molecule has 0 spiro atoms. The van der Waals surface area contributed by atoms with Crippen molar-refractivity contribution in [3.8, 4) is 0 Å². The molecule has 0 radical (unpaired) electrons. The first-order valence-electron chi connectivity index (χ1n) is 2.03. The van der Waals surface area contributed by atoms with Crippen molar-refractivity contribution in [2.45, 2.75) is 11.6 Å². The average molecular weight is 226 g/mol. The monoisotopic (exact) mass is 224 g/mol. The first kappa shape index (κ1) is 12.9. The molecule has 0 unspecified atom stereocenters. The molecule has 0 saturated heterocycles. The largest absolute Gasteiger partial charge is 0.643 e. The summed E-state index contributed by atoms with van der Waals surface area (Å²) in [4.78, 5) is 0. The molecule has 0 N–H and O–H groups in total. The molecular formula is C2H6Al2Cl4. The molecule has 0 bridgehead atoms. The van der Waals surface area contributed by atoms with E-state index < -0.39 is 24.6 Å². The lowest BCUT2D eigenvalue weighted by Gasteiger charge is -1.63. The van der Waals surface area contributed by atoms with E-state index in [9.17, 15) is 0 Å². The Kier molecular flexibility index (Phi) is 14.8. The highest BCUT2D eigenvalue weighted by atomic mass is 35.8. The Labute approximate surface area is 75.6 Å². The van der Waals surface area contributed by atoms with E-state index in [1.807, 2.05) is 0 Å². The molecule has 0 saturated carbocycles. The fourth-order valence-electron chi connectivity index (χ4n) is 0. The summed E-state index contributed by atoms with van der Waals surface area (Å²) in [5.74, 6) is 4.14. The molecule has 6 heteroatoms. The molecule has 0 fully saturated rings. The van der Waals surface area contributed by atoms with Crippen LogP contribution >= 0.6 is 40.2 Å². The summed E-state index contributed by atoms with van der Waals surface area (Å²) in [5, 5.41) is 0. The Bertz CT molecular complexity index is 27.5. The molecule has 0 aromatic carbocycles. The second-order valence-electron chi connectivity index (χ2n) is 1.26. The zero-order valence-corrected chi connectivity index (χ0v) is 10.00. The van der Waals surface area contributed by atoms with Crippen LogP contribution in [-0.2, 0) is 0 Å². The highest BCUT2D eigenvalue weighted by Gasteiger charge is 2.00. The van der Waals surface area contributed by atoms with Crippen LogP contribution in [0, 0.1) is 0 Å². The number of rotatable bonds is 0. The van der Waals surface area contributed by atoms with Gasteiger partial charge in [-0.15, -0.1) is 0 Å². The minimum atomic E-state index is -1.72. The van der Waals surface area contributed by atoms with Gasteiger partial charge >= 0.3 is 24.6 Å². The fraction of sp³-hybridized carbons (Fsp3) is 1.00. The van der Waals surface area contributed by atoms with Gasteiger partial charge in [0.25, 0.3) is 0 Å². The van der Waals surface area contributed by atoms with Crippen molar-refractivity contribution < 1.29 is 0 Å². The quantitative estimate of drug-likeness (QED) is 0.556. The lowest BCUT2D eigenvalue weighted by molar-refractivity contribution is 2.10. The molecule has 0 rings (SSSR count). The fourth-order valence-corrected chi connectivity index (χ4v) is 0. The Hall–Kier alpha value is 2.22. The summed E-state index contributed by atoms with van der Waals surface area (Å²) in [7, 11) is 20.2. The lowest BCUT2D eigenvalue weighted by atomic mass is 11.9. The van der Waals surface area contributed by atoms with Gasteiger partial charge in [0, 0.05) is 0 Å². The maximum Gasteiger partial charge on any atom is 0.643 e. The van der Waals surface area contributed by atoms with Crippen LogP contribution in [0.5, 0.6) is 0 Å². The Balaban J connectivity index is 0. The van der Waals surface area contributed by atoms with E-state index in [-0.39, 0.29) is 0 Å². The van der Waals surface area contributed by atoms with Gasteiger partial charge in [-0.3, -0.25) is 10.0 Å². The summed E-state index contributed by atoms with van der Waals surface area (Å²) >= 11 is -2.39. The highest BCUT2D eigenvalue weighted by Crippen LogP contribution is 1.97. The summed E-state index contributed by atoms with van der Waals surface area (Å²) < 4.78 is 0. The van der Waals surface area contributed by atoms with Gasteiger partial charge in [-0.25, -0.2) is 30.1 Å². The molecule has 0 aromatic rings. The summed E-state index contributed by atoms with van der Waals surface area (Å²) in [5.41, 5.74) is 0. The Morgan fingerprint density at radius 3 is 0.875 bits per heavy atom. The van der Waals surface area contributed by atoms with Crippen molar-refractivity contribution in [1.29, 1.82) is 0 Å². The second kappa shape index (κ2) is 9.22. The summed E-state index contributed by atoms with van der Waals surface area (Å²) in [6.45, 7) is 0. The van der Waals surface area contributed by atoms with E-state index in [1.54, 1.807) is 0 Å². The normalized spacial score (nSPS) is 6.75. The van der Waals surface area contributed by atoms with Crippen molar-refractivity contribution in [2.24, 2.45) is 0 Å². The van der Waals surface area contributed by atoms with Crippen LogP contribution < -0.4 is 0 Å². The number of hydrogen-bond donors (Lipinski definition) is 0. The van der Waals surface area contributed by atoms with Crippen molar-refractivity contribution in [3.05, 3.63) is 0 Å². The SMILES string of the molecule is [CH3][Al]([CH3])[Cl].[Cl][Al]([Cl])[Cl]. The van der Waals surface area contributed by atoms with Crippen molar-refractivity contribution in [2.75, 3.05) is 0 Å². The van der Waals surface area contributed by atoms with Gasteiger partial charge in [0.15, 0.2) is 0 Å². The number of halogens is 4.